The van der Waals surface area contributed by atoms with E-state index in [1.54, 1.807) is 21.8 Å². The first-order valence-corrected chi connectivity index (χ1v) is 15.5. The van der Waals surface area contributed by atoms with Crippen LogP contribution in [0.3, 0.4) is 0 Å². The molecule has 10 heteroatoms. The molecule has 6 rings (SSSR count). The summed E-state index contributed by atoms with van der Waals surface area (Å²) < 4.78 is 44.0. The van der Waals surface area contributed by atoms with Gasteiger partial charge in [-0.2, -0.15) is 9.40 Å². The zero-order chi connectivity index (χ0) is 26.4. The maximum absolute atomic E-state index is 13.5. The summed E-state index contributed by atoms with van der Waals surface area (Å²) in [6.45, 7) is 6.45. The lowest BCUT2D eigenvalue weighted by Crippen LogP contribution is -2.51. The van der Waals surface area contributed by atoms with Crippen LogP contribution in [0.1, 0.15) is 47.9 Å². The smallest absolute Gasteiger partial charge is 0.261 e. The van der Waals surface area contributed by atoms with Gasteiger partial charge in [0.1, 0.15) is 5.82 Å². The Morgan fingerprint density at radius 1 is 1.08 bits per heavy atom. The quantitative estimate of drug-likeness (QED) is 0.316. The molecule has 0 unspecified atom stereocenters. The molecule has 7 nitrogen and oxygen atoms in total. The van der Waals surface area contributed by atoms with Gasteiger partial charge in [0, 0.05) is 43.0 Å². The zero-order valence-corrected chi connectivity index (χ0v) is 23.3. The fraction of sp³-hybridized carbons (Fsp3) is 0.429. The second-order valence-electron chi connectivity index (χ2n) is 10.5. The minimum Gasteiger partial charge on any atom is -0.293 e. The van der Waals surface area contributed by atoms with Crippen molar-refractivity contribution in [3.8, 4) is 5.69 Å². The monoisotopic (exact) mass is 553 g/mol. The number of hydrogen-bond donors (Lipinski definition) is 0. The average molecular weight is 554 g/mol. The van der Waals surface area contributed by atoms with Crippen LogP contribution in [0.4, 0.5) is 4.39 Å². The number of aromatic nitrogens is 3. The highest BCUT2D eigenvalue weighted by Crippen LogP contribution is 2.36. The van der Waals surface area contributed by atoms with Crippen LogP contribution in [0, 0.1) is 25.6 Å². The zero-order valence-electron chi connectivity index (χ0n) is 21.7. The van der Waals surface area contributed by atoms with E-state index in [9.17, 15) is 12.8 Å². The van der Waals surface area contributed by atoms with E-state index in [0.29, 0.717) is 25.6 Å². The molecule has 0 spiro atoms. The summed E-state index contributed by atoms with van der Waals surface area (Å²) in [5.74, 6) is 0.378. The molecule has 0 bridgehead atoms. The number of sulfonamides is 1. The first kappa shape index (κ1) is 25.6. The van der Waals surface area contributed by atoms with Crippen LogP contribution in [0.25, 0.3) is 16.6 Å². The number of thiazole rings is 1. The summed E-state index contributed by atoms with van der Waals surface area (Å²) in [5, 5.41) is 8.11. The van der Waals surface area contributed by atoms with Gasteiger partial charge >= 0.3 is 0 Å². The summed E-state index contributed by atoms with van der Waals surface area (Å²) in [4.78, 5) is 6.79. The van der Waals surface area contributed by atoms with E-state index in [2.05, 4.69) is 34.0 Å². The van der Waals surface area contributed by atoms with Crippen molar-refractivity contribution in [2.24, 2.45) is 5.92 Å². The summed E-state index contributed by atoms with van der Waals surface area (Å²) >= 11 is 1.36. The molecule has 2 fully saturated rings. The number of rotatable bonds is 6. The third-order valence-corrected chi connectivity index (χ3v) is 10.7. The maximum atomic E-state index is 13.5. The van der Waals surface area contributed by atoms with Crippen molar-refractivity contribution < 1.29 is 12.8 Å². The average Bonchev–Trinajstić information content (AvgIpc) is 3.66. The van der Waals surface area contributed by atoms with Gasteiger partial charge < -0.3 is 0 Å². The van der Waals surface area contributed by atoms with Gasteiger partial charge in [0.15, 0.2) is 5.03 Å². The minimum atomic E-state index is -3.66. The van der Waals surface area contributed by atoms with E-state index in [4.69, 9.17) is 0 Å². The standard InChI is InChI=1S/C28H32FN5O2S2/c1-19-13-26-22(15-30-34(26)24-9-7-23(29)8-10-24)14-25(19)27-17-33(38(35,36)28-18-37-20(2)31-28)12-11-32(27)16-21-5-3-4-6-21/h7-10,13-15,18,21,27H,3-6,11-12,16-17H2,1-2H3/t27-/m0/s1. The molecule has 1 atom stereocenters. The van der Waals surface area contributed by atoms with Gasteiger partial charge in [0.2, 0.25) is 0 Å². The second kappa shape index (κ2) is 10.1. The van der Waals surface area contributed by atoms with E-state index < -0.39 is 10.0 Å². The summed E-state index contributed by atoms with van der Waals surface area (Å²) in [5.41, 5.74) is 3.96. The lowest BCUT2D eigenvalue weighted by molar-refractivity contribution is 0.0998. The third-order valence-electron chi connectivity index (χ3n) is 8.01. The highest BCUT2D eigenvalue weighted by Gasteiger charge is 2.37. The van der Waals surface area contributed by atoms with E-state index >= 15 is 0 Å². The molecule has 1 aliphatic carbocycles. The van der Waals surface area contributed by atoms with E-state index in [1.807, 2.05) is 17.8 Å². The Morgan fingerprint density at radius 2 is 1.84 bits per heavy atom. The van der Waals surface area contributed by atoms with Gasteiger partial charge in [-0.3, -0.25) is 4.90 Å². The van der Waals surface area contributed by atoms with E-state index in [-0.39, 0.29) is 16.9 Å². The predicted octanol–water partition coefficient (Wildman–Crippen LogP) is 5.48. The van der Waals surface area contributed by atoms with Crippen molar-refractivity contribution in [1.82, 2.24) is 24.0 Å². The summed E-state index contributed by atoms with van der Waals surface area (Å²) in [7, 11) is -3.66. The van der Waals surface area contributed by atoms with Crippen LogP contribution in [0.2, 0.25) is 0 Å². The highest BCUT2D eigenvalue weighted by molar-refractivity contribution is 7.89. The van der Waals surface area contributed by atoms with Gasteiger partial charge in [0.05, 0.1) is 22.4 Å². The Kier molecular flexibility index (Phi) is 6.84. The molecule has 2 aromatic heterocycles. The van der Waals surface area contributed by atoms with Crippen molar-refractivity contribution >= 4 is 32.3 Å². The Bertz CT molecular complexity index is 1560. The van der Waals surface area contributed by atoms with Crippen LogP contribution < -0.4 is 0 Å². The SMILES string of the molecule is Cc1nc(S(=O)(=O)N2CCN(CC3CCCC3)[C@H](c3cc4cnn(-c5ccc(F)cc5)c4cc3C)C2)cs1. The van der Waals surface area contributed by atoms with E-state index in [1.165, 1.54) is 49.2 Å². The van der Waals surface area contributed by atoms with Gasteiger partial charge in [0.25, 0.3) is 10.0 Å². The molecule has 0 N–H and O–H groups in total. The van der Waals surface area contributed by atoms with Crippen molar-refractivity contribution in [2.45, 2.75) is 50.6 Å². The van der Waals surface area contributed by atoms with Crippen LogP contribution in [-0.4, -0.2) is 58.6 Å². The Balaban J connectivity index is 1.37. The topological polar surface area (TPSA) is 71.3 Å². The number of halogens is 1. The number of aryl methyl sites for hydroxylation is 2. The molecule has 1 aliphatic heterocycles. The number of fused-ring (bicyclic) bond motifs is 1. The van der Waals surface area contributed by atoms with Crippen molar-refractivity contribution in [3.63, 3.8) is 0 Å². The lowest BCUT2D eigenvalue weighted by Gasteiger charge is -2.42. The molecule has 0 amide bonds. The Hall–Kier alpha value is -2.66. The molecule has 0 radical (unpaired) electrons. The number of benzene rings is 2. The van der Waals surface area contributed by atoms with Gasteiger partial charge in [-0.1, -0.05) is 12.8 Å². The molecule has 2 aromatic carbocycles. The first-order chi connectivity index (χ1) is 18.3. The highest BCUT2D eigenvalue weighted by atomic mass is 32.2. The normalized spacial score (nSPS) is 20.0. The van der Waals surface area contributed by atoms with Crippen molar-refractivity contribution in [1.29, 1.82) is 0 Å². The van der Waals surface area contributed by atoms with Gasteiger partial charge in [-0.15, -0.1) is 11.3 Å². The molecule has 3 heterocycles. The summed E-state index contributed by atoms with van der Waals surface area (Å²) in [6, 6.07) is 10.5. The van der Waals surface area contributed by atoms with Crippen LogP contribution in [0.5, 0.6) is 0 Å². The maximum Gasteiger partial charge on any atom is 0.261 e. The van der Waals surface area contributed by atoms with E-state index in [0.717, 1.165) is 39.3 Å². The largest absolute Gasteiger partial charge is 0.293 e. The molecular formula is C28H32FN5O2S2. The predicted molar refractivity (Wildman–Crippen MR) is 148 cm³/mol. The van der Waals surface area contributed by atoms with Gasteiger partial charge in [-0.25, -0.2) is 22.5 Å². The van der Waals surface area contributed by atoms with Gasteiger partial charge in [-0.05, 0) is 80.1 Å². The van der Waals surface area contributed by atoms with Crippen LogP contribution in [0.15, 0.2) is 53.0 Å². The lowest BCUT2D eigenvalue weighted by atomic mass is 9.95. The molecule has 2 aliphatic rings. The van der Waals surface area contributed by atoms with Crippen molar-refractivity contribution in [2.75, 3.05) is 26.2 Å². The molecule has 4 aromatic rings. The Labute approximate surface area is 227 Å². The summed E-state index contributed by atoms with van der Waals surface area (Å²) in [6.07, 6.45) is 6.87. The second-order valence-corrected chi connectivity index (χ2v) is 13.5. The molecule has 38 heavy (non-hydrogen) atoms. The fourth-order valence-electron chi connectivity index (χ4n) is 5.99. The molecule has 200 valence electrons. The minimum absolute atomic E-state index is 0.0579. The first-order valence-electron chi connectivity index (χ1n) is 13.2. The number of nitrogens with zero attached hydrogens (tertiary/aromatic N) is 5. The molecular weight excluding hydrogens is 521 g/mol. The molecule has 1 saturated carbocycles. The fourth-order valence-corrected chi connectivity index (χ4v) is 8.33. The Morgan fingerprint density at radius 3 is 2.55 bits per heavy atom. The number of hydrogen-bond acceptors (Lipinski definition) is 6. The van der Waals surface area contributed by atoms with Crippen LogP contribution in [-0.2, 0) is 10.0 Å². The molecule has 1 saturated heterocycles. The number of piperazine rings is 1. The van der Waals surface area contributed by atoms with Crippen molar-refractivity contribution in [3.05, 3.63) is 69.9 Å². The third kappa shape index (κ3) is 4.79. The van der Waals surface area contributed by atoms with Crippen LogP contribution >= 0.6 is 11.3 Å².